The van der Waals surface area contributed by atoms with E-state index in [0.29, 0.717) is 5.69 Å². The van der Waals surface area contributed by atoms with Crippen LogP contribution in [0.4, 0.5) is 32.0 Å². The molecule has 0 bridgehead atoms. The molecule has 2 aromatic rings. The van der Waals surface area contributed by atoms with Crippen molar-refractivity contribution in [3.05, 3.63) is 58.6 Å². The minimum atomic E-state index is -6.66. The highest BCUT2D eigenvalue weighted by atomic mass is 32.2. The van der Waals surface area contributed by atoms with Crippen LogP contribution in [0.15, 0.2) is 42.5 Å². The molecule has 0 spiro atoms. The first-order valence-corrected chi connectivity index (χ1v) is 8.80. The average Bonchev–Trinajstić information content (AvgIpc) is 2.98. The van der Waals surface area contributed by atoms with Crippen LogP contribution in [0, 0.1) is 5.39 Å². The number of diazo groups is 1. The predicted molar refractivity (Wildman–Crippen MR) is 85.0 cm³/mol. The van der Waals surface area contributed by atoms with Gasteiger partial charge in [0.15, 0.2) is 15.1 Å². The van der Waals surface area contributed by atoms with E-state index in [1.807, 2.05) is 24.3 Å². The normalized spacial score (nSPS) is 14.2. The van der Waals surface area contributed by atoms with Gasteiger partial charge in [0, 0.05) is 12.5 Å². The summed E-state index contributed by atoms with van der Waals surface area (Å²) in [4.78, 5) is 3.33. The Bertz CT molecular complexity index is 1030. The fourth-order valence-corrected chi connectivity index (χ4v) is 2.94. The molecule has 0 aliphatic heterocycles. The zero-order chi connectivity index (χ0) is 21.3. The lowest BCUT2D eigenvalue weighted by atomic mass is 10.1. The SMILES string of the molecule is N#[N+]c1cccc2c1Cc1ccccc1-2.O=S(=O)([O-])C(F)(F)C(F)C(F)(F)F. The first kappa shape index (κ1) is 21.6. The maximum Gasteiger partial charge on any atom is 0.426 e. The van der Waals surface area contributed by atoms with E-state index in [4.69, 9.17) is 5.39 Å². The van der Waals surface area contributed by atoms with Gasteiger partial charge in [-0.2, -0.15) is 22.0 Å². The second-order valence-corrected chi connectivity index (χ2v) is 7.11. The monoisotopic (exact) mass is 424 g/mol. The van der Waals surface area contributed by atoms with E-state index in [0.717, 1.165) is 12.0 Å². The molecule has 28 heavy (non-hydrogen) atoms. The fraction of sp³-hybridized carbons (Fsp3) is 0.250. The first-order valence-electron chi connectivity index (χ1n) is 7.40. The van der Waals surface area contributed by atoms with Gasteiger partial charge in [0.25, 0.3) is 6.17 Å². The average molecular weight is 424 g/mol. The number of halogens is 6. The van der Waals surface area contributed by atoms with Crippen molar-refractivity contribution in [2.75, 3.05) is 0 Å². The molecule has 1 aliphatic rings. The van der Waals surface area contributed by atoms with E-state index in [9.17, 15) is 39.3 Å². The van der Waals surface area contributed by atoms with Crippen molar-refractivity contribution in [3.63, 3.8) is 0 Å². The molecular weight excluding hydrogens is 414 g/mol. The molecule has 0 heterocycles. The summed E-state index contributed by atoms with van der Waals surface area (Å²) in [5.74, 6) is 0. The van der Waals surface area contributed by atoms with Crippen LogP contribution in [-0.4, -0.2) is 30.6 Å². The molecule has 150 valence electrons. The molecule has 0 saturated heterocycles. The molecular formula is C16H10F6N2O3S. The van der Waals surface area contributed by atoms with Gasteiger partial charge in [0.2, 0.25) is 5.39 Å². The van der Waals surface area contributed by atoms with Crippen molar-refractivity contribution >= 4 is 15.8 Å². The Morgan fingerprint density at radius 2 is 1.57 bits per heavy atom. The van der Waals surface area contributed by atoms with Crippen molar-refractivity contribution in [1.82, 2.24) is 0 Å². The quantitative estimate of drug-likeness (QED) is 0.337. The molecule has 0 amide bonds. The number of fused-ring (bicyclic) bond motifs is 3. The summed E-state index contributed by atoms with van der Waals surface area (Å²) >= 11 is 0. The van der Waals surface area contributed by atoms with Crippen LogP contribution in [0.1, 0.15) is 11.1 Å². The van der Waals surface area contributed by atoms with Crippen molar-refractivity contribution in [1.29, 1.82) is 5.39 Å². The standard InChI is InChI=1S/C13H9N2.C3H2F6O3S/c14-15-13-7-3-6-11-10-5-2-1-4-9(10)8-12(11)13;4-1(2(5,6)7)3(8,9)13(10,11)12/h1-7H,8H2;1H,(H,10,11,12)/q+1;/p-1. The molecule has 2 aromatic carbocycles. The summed E-state index contributed by atoms with van der Waals surface area (Å²) in [6, 6.07) is 14.2. The van der Waals surface area contributed by atoms with E-state index < -0.39 is 27.7 Å². The van der Waals surface area contributed by atoms with Crippen LogP contribution in [0.5, 0.6) is 0 Å². The molecule has 0 radical (unpaired) electrons. The van der Waals surface area contributed by atoms with Gasteiger partial charge in [-0.3, -0.25) is 0 Å². The van der Waals surface area contributed by atoms with Crippen LogP contribution in [-0.2, 0) is 16.5 Å². The summed E-state index contributed by atoms with van der Waals surface area (Å²) in [5, 5.41) is 2.91. The molecule has 3 rings (SSSR count). The number of alkyl halides is 6. The summed E-state index contributed by atoms with van der Waals surface area (Å²) in [6.07, 6.45) is -10.2. The van der Waals surface area contributed by atoms with Gasteiger partial charge in [-0.25, -0.2) is 12.8 Å². The van der Waals surface area contributed by atoms with Crippen LogP contribution < -0.4 is 0 Å². The van der Waals surface area contributed by atoms with Gasteiger partial charge >= 0.3 is 17.1 Å². The Morgan fingerprint density at radius 1 is 1.00 bits per heavy atom. The lowest BCUT2D eigenvalue weighted by Crippen LogP contribution is -2.46. The molecule has 12 heteroatoms. The third kappa shape index (κ3) is 4.10. The zero-order valence-corrected chi connectivity index (χ0v) is 14.4. The number of hydrogen-bond acceptors (Lipinski definition) is 4. The predicted octanol–water partition coefficient (Wildman–Crippen LogP) is 4.77. The van der Waals surface area contributed by atoms with Crippen molar-refractivity contribution in [2.24, 2.45) is 0 Å². The first-order chi connectivity index (χ1) is 12.8. The minimum absolute atomic E-state index is 0.684. The van der Waals surface area contributed by atoms with Crippen molar-refractivity contribution < 1.29 is 39.3 Å². The number of hydrogen-bond donors (Lipinski definition) is 0. The molecule has 0 fully saturated rings. The fourth-order valence-electron chi connectivity index (χ4n) is 2.55. The molecule has 0 N–H and O–H groups in total. The van der Waals surface area contributed by atoms with Crippen molar-refractivity contribution in [3.8, 4) is 11.1 Å². The Kier molecular flexibility index (Phi) is 5.72. The van der Waals surface area contributed by atoms with Gasteiger partial charge < -0.3 is 4.55 Å². The Morgan fingerprint density at radius 3 is 2.07 bits per heavy atom. The van der Waals surface area contributed by atoms with Gasteiger partial charge in [-0.1, -0.05) is 36.4 Å². The summed E-state index contributed by atoms with van der Waals surface area (Å²) < 4.78 is 97.5. The molecule has 0 saturated carbocycles. The lowest BCUT2D eigenvalue weighted by Gasteiger charge is -2.24. The minimum Gasteiger partial charge on any atom is -0.743 e. The van der Waals surface area contributed by atoms with E-state index >= 15 is 0 Å². The zero-order valence-electron chi connectivity index (χ0n) is 13.6. The highest BCUT2D eigenvalue weighted by Gasteiger charge is 2.61. The second-order valence-electron chi connectivity index (χ2n) is 5.66. The maximum atomic E-state index is 11.8. The van der Waals surface area contributed by atoms with Gasteiger partial charge in [0.05, 0.1) is 5.56 Å². The molecule has 1 unspecified atom stereocenters. The number of rotatable bonds is 2. The van der Waals surface area contributed by atoms with E-state index in [1.54, 1.807) is 0 Å². The van der Waals surface area contributed by atoms with Crippen LogP contribution in [0.3, 0.4) is 0 Å². The lowest BCUT2D eigenvalue weighted by molar-refractivity contribution is -0.223. The van der Waals surface area contributed by atoms with Gasteiger partial charge in [-0.05, 0) is 16.7 Å². The summed E-state index contributed by atoms with van der Waals surface area (Å²) in [7, 11) is -6.66. The molecule has 0 aromatic heterocycles. The maximum absolute atomic E-state index is 11.8. The van der Waals surface area contributed by atoms with Gasteiger partial charge in [0.1, 0.15) is 0 Å². The third-order valence-corrected chi connectivity index (χ3v) is 4.72. The largest absolute Gasteiger partial charge is 0.743 e. The highest BCUT2D eigenvalue weighted by Crippen LogP contribution is 2.41. The molecule has 5 nitrogen and oxygen atoms in total. The number of nitrogens with zero attached hydrogens (tertiary/aromatic N) is 2. The summed E-state index contributed by atoms with van der Waals surface area (Å²) in [6.45, 7) is 0. The summed E-state index contributed by atoms with van der Waals surface area (Å²) in [5.41, 5.74) is 5.58. The van der Waals surface area contributed by atoms with E-state index in [-0.39, 0.29) is 0 Å². The Balaban J connectivity index is 0.000000204. The third-order valence-electron chi connectivity index (χ3n) is 3.85. The highest BCUT2D eigenvalue weighted by molar-refractivity contribution is 7.86. The van der Waals surface area contributed by atoms with Crippen molar-refractivity contribution in [2.45, 2.75) is 24.0 Å². The molecule has 1 atom stereocenters. The van der Waals surface area contributed by atoms with Gasteiger partial charge in [-0.15, -0.1) is 0 Å². The van der Waals surface area contributed by atoms with Crippen LogP contribution >= 0.6 is 0 Å². The number of benzene rings is 2. The van der Waals surface area contributed by atoms with E-state index in [1.165, 1.54) is 16.7 Å². The van der Waals surface area contributed by atoms with Crippen LogP contribution in [0.2, 0.25) is 0 Å². The Hall–Kier alpha value is -2.65. The van der Waals surface area contributed by atoms with E-state index in [2.05, 4.69) is 23.2 Å². The van der Waals surface area contributed by atoms with Crippen LogP contribution in [0.25, 0.3) is 16.1 Å². The smallest absolute Gasteiger partial charge is 0.426 e. The molecule has 1 aliphatic carbocycles. The Labute approximate surface area is 155 Å². The topological polar surface area (TPSA) is 85.3 Å². The second kappa shape index (κ2) is 7.40.